The van der Waals surface area contributed by atoms with Crippen molar-refractivity contribution in [2.75, 3.05) is 26.7 Å². The van der Waals surface area contributed by atoms with Crippen LogP contribution in [0.3, 0.4) is 0 Å². The second kappa shape index (κ2) is 6.23. The average molecular weight is 282 g/mol. The molecule has 1 saturated heterocycles. The molecule has 1 aromatic carbocycles. The zero-order valence-electron chi connectivity index (χ0n) is 11.0. The molecule has 1 N–H and O–H groups in total. The number of amides is 2. The first-order chi connectivity index (χ1) is 9.56. The largest absolute Gasteiger partial charge is 0.481 e. The number of carbonyl (C=O) groups excluding carboxylic acids is 2. The highest BCUT2D eigenvalue weighted by Crippen LogP contribution is 2.14. The number of carbonyl (C=O) groups is 2. The molecular formula is C13H15FN2O4. The lowest BCUT2D eigenvalue weighted by Gasteiger charge is -2.10. The van der Waals surface area contributed by atoms with Crippen LogP contribution in [0.4, 0.5) is 9.18 Å². The molecule has 0 spiro atoms. The molecule has 1 heterocycles. The van der Waals surface area contributed by atoms with E-state index in [1.54, 1.807) is 13.1 Å². The number of rotatable bonds is 5. The van der Waals surface area contributed by atoms with Gasteiger partial charge >= 0.3 is 6.09 Å². The number of nitrogens with one attached hydrogen (secondary N) is 1. The Hall–Kier alpha value is -2.31. The second-order valence-electron chi connectivity index (χ2n) is 4.41. The molecule has 108 valence electrons. The van der Waals surface area contributed by atoms with Gasteiger partial charge in [0.25, 0.3) is 5.91 Å². The van der Waals surface area contributed by atoms with E-state index in [-0.39, 0.29) is 25.0 Å². The van der Waals surface area contributed by atoms with Gasteiger partial charge in [0.05, 0.1) is 13.1 Å². The SMILES string of the molecule is CN1CC(CNC(=O)COc2ccccc2F)OC1=O. The van der Waals surface area contributed by atoms with E-state index < -0.39 is 17.8 Å². The summed E-state index contributed by atoms with van der Waals surface area (Å²) in [5.41, 5.74) is 0. The Morgan fingerprint density at radius 1 is 1.55 bits per heavy atom. The quantitative estimate of drug-likeness (QED) is 0.866. The van der Waals surface area contributed by atoms with E-state index in [0.717, 1.165) is 0 Å². The van der Waals surface area contributed by atoms with Gasteiger partial charge in [-0.1, -0.05) is 12.1 Å². The standard InChI is InChI=1S/C13H15FN2O4/c1-16-7-9(20-13(16)18)6-15-12(17)8-19-11-5-3-2-4-10(11)14/h2-5,9H,6-8H2,1H3,(H,15,17). The lowest BCUT2D eigenvalue weighted by molar-refractivity contribution is -0.123. The Bertz CT molecular complexity index is 509. The smallest absolute Gasteiger partial charge is 0.410 e. The zero-order valence-corrected chi connectivity index (χ0v) is 11.0. The number of hydrogen-bond acceptors (Lipinski definition) is 4. The van der Waals surface area contributed by atoms with Gasteiger partial charge in [-0.3, -0.25) is 4.79 Å². The molecule has 1 fully saturated rings. The number of hydrogen-bond donors (Lipinski definition) is 1. The molecule has 0 radical (unpaired) electrons. The van der Waals surface area contributed by atoms with Crippen molar-refractivity contribution in [1.29, 1.82) is 0 Å². The molecule has 0 bridgehead atoms. The van der Waals surface area contributed by atoms with Gasteiger partial charge in [-0.25, -0.2) is 9.18 Å². The first-order valence-electron chi connectivity index (χ1n) is 6.12. The van der Waals surface area contributed by atoms with Gasteiger partial charge in [0.2, 0.25) is 0 Å². The van der Waals surface area contributed by atoms with Crippen LogP contribution in [0.25, 0.3) is 0 Å². The molecule has 0 aromatic heterocycles. The maximum atomic E-state index is 13.2. The lowest BCUT2D eigenvalue weighted by Crippen LogP contribution is -2.36. The van der Waals surface area contributed by atoms with Gasteiger partial charge < -0.3 is 19.7 Å². The predicted octanol–water partition coefficient (Wildman–Crippen LogP) is 0.771. The summed E-state index contributed by atoms with van der Waals surface area (Å²) in [6.45, 7) is 0.334. The van der Waals surface area contributed by atoms with Gasteiger partial charge in [-0.2, -0.15) is 0 Å². The number of cyclic esters (lactones) is 1. The minimum absolute atomic E-state index is 0.0228. The lowest BCUT2D eigenvalue weighted by atomic mass is 10.3. The van der Waals surface area contributed by atoms with Gasteiger partial charge in [0, 0.05) is 7.05 Å². The maximum absolute atomic E-state index is 13.2. The molecule has 1 atom stereocenters. The fourth-order valence-electron chi connectivity index (χ4n) is 1.74. The van der Waals surface area contributed by atoms with Crippen molar-refractivity contribution in [3.8, 4) is 5.75 Å². The van der Waals surface area contributed by atoms with E-state index in [1.165, 1.54) is 23.1 Å². The van der Waals surface area contributed by atoms with Crippen LogP contribution < -0.4 is 10.1 Å². The Morgan fingerprint density at radius 2 is 2.30 bits per heavy atom. The molecule has 20 heavy (non-hydrogen) atoms. The van der Waals surface area contributed by atoms with Crippen LogP contribution in [0.2, 0.25) is 0 Å². The summed E-state index contributed by atoms with van der Waals surface area (Å²) < 4.78 is 23.3. The summed E-state index contributed by atoms with van der Waals surface area (Å²) in [5, 5.41) is 2.57. The summed E-state index contributed by atoms with van der Waals surface area (Å²) in [6, 6.07) is 5.84. The van der Waals surface area contributed by atoms with Gasteiger partial charge in [-0.15, -0.1) is 0 Å². The van der Waals surface area contributed by atoms with Crippen LogP contribution >= 0.6 is 0 Å². The molecule has 2 rings (SSSR count). The highest BCUT2D eigenvalue weighted by molar-refractivity contribution is 5.77. The van der Waals surface area contributed by atoms with Crippen LogP contribution in [-0.4, -0.2) is 49.7 Å². The number of likely N-dealkylation sites (N-methyl/N-ethyl adjacent to an activating group) is 1. The van der Waals surface area contributed by atoms with E-state index in [9.17, 15) is 14.0 Å². The number of ether oxygens (including phenoxy) is 2. The Labute approximate surface area is 115 Å². The summed E-state index contributed by atoms with van der Waals surface area (Å²) in [4.78, 5) is 24.1. The first kappa shape index (κ1) is 14.1. The predicted molar refractivity (Wildman–Crippen MR) is 67.8 cm³/mol. The number of nitrogens with zero attached hydrogens (tertiary/aromatic N) is 1. The van der Waals surface area contributed by atoms with Crippen molar-refractivity contribution < 1.29 is 23.5 Å². The third-order valence-electron chi connectivity index (χ3n) is 2.78. The minimum atomic E-state index is -0.522. The number of benzene rings is 1. The normalized spacial score (nSPS) is 17.8. The average Bonchev–Trinajstić information content (AvgIpc) is 2.75. The fraction of sp³-hybridized carbons (Fsp3) is 0.385. The molecule has 1 aliphatic heterocycles. The maximum Gasteiger partial charge on any atom is 0.410 e. The van der Waals surface area contributed by atoms with Crippen LogP contribution in [0, 0.1) is 5.82 Å². The Morgan fingerprint density at radius 3 is 2.95 bits per heavy atom. The van der Waals surface area contributed by atoms with Crippen molar-refractivity contribution in [2.45, 2.75) is 6.10 Å². The molecular weight excluding hydrogens is 267 g/mol. The van der Waals surface area contributed by atoms with Crippen molar-refractivity contribution >= 4 is 12.0 Å². The van der Waals surface area contributed by atoms with E-state index in [0.29, 0.717) is 6.54 Å². The fourth-order valence-corrected chi connectivity index (χ4v) is 1.74. The third-order valence-corrected chi connectivity index (χ3v) is 2.78. The Kier molecular flexibility index (Phi) is 4.39. The summed E-state index contributed by atoms with van der Waals surface area (Å²) >= 11 is 0. The van der Waals surface area contributed by atoms with E-state index in [1.807, 2.05) is 0 Å². The Balaban J connectivity index is 1.71. The van der Waals surface area contributed by atoms with Crippen molar-refractivity contribution in [1.82, 2.24) is 10.2 Å². The van der Waals surface area contributed by atoms with E-state index in [4.69, 9.17) is 9.47 Å². The third kappa shape index (κ3) is 3.59. The molecule has 0 aliphatic carbocycles. The summed E-state index contributed by atoms with van der Waals surface area (Å²) in [6.07, 6.45) is -0.781. The molecule has 7 heteroatoms. The van der Waals surface area contributed by atoms with Crippen LogP contribution in [-0.2, 0) is 9.53 Å². The first-order valence-corrected chi connectivity index (χ1v) is 6.12. The van der Waals surface area contributed by atoms with Gasteiger partial charge in [0.1, 0.15) is 6.10 Å². The molecule has 1 aromatic rings. The molecule has 1 aliphatic rings. The van der Waals surface area contributed by atoms with Gasteiger partial charge in [0.15, 0.2) is 18.2 Å². The highest BCUT2D eigenvalue weighted by Gasteiger charge is 2.28. The molecule has 1 unspecified atom stereocenters. The van der Waals surface area contributed by atoms with Crippen molar-refractivity contribution in [3.63, 3.8) is 0 Å². The van der Waals surface area contributed by atoms with Crippen molar-refractivity contribution in [2.24, 2.45) is 0 Å². The second-order valence-corrected chi connectivity index (χ2v) is 4.41. The minimum Gasteiger partial charge on any atom is -0.481 e. The molecule has 6 nitrogen and oxygen atoms in total. The molecule has 0 saturated carbocycles. The van der Waals surface area contributed by atoms with Crippen LogP contribution in [0.1, 0.15) is 0 Å². The van der Waals surface area contributed by atoms with Gasteiger partial charge in [-0.05, 0) is 12.1 Å². The summed E-state index contributed by atoms with van der Waals surface area (Å²) in [7, 11) is 1.62. The molecule has 2 amide bonds. The van der Waals surface area contributed by atoms with Crippen LogP contribution in [0.15, 0.2) is 24.3 Å². The number of para-hydroxylation sites is 1. The van der Waals surface area contributed by atoms with Crippen molar-refractivity contribution in [3.05, 3.63) is 30.1 Å². The topological polar surface area (TPSA) is 67.9 Å². The monoisotopic (exact) mass is 282 g/mol. The van der Waals surface area contributed by atoms with E-state index in [2.05, 4.69) is 5.32 Å². The van der Waals surface area contributed by atoms with E-state index >= 15 is 0 Å². The number of halogens is 1. The van der Waals surface area contributed by atoms with Crippen LogP contribution in [0.5, 0.6) is 5.75 Å². The summed E-state index contributed by atoms with van der Waals surface area (Å²) in [5.74, 6) is -0.903. The highest BCUT2D eigenvalue weighted by atomic mass is 19.1. The zero-order chi connectivity index (χ0) is 14.5.